The summed E-state index contributed by atoms with van der Waals surface area (Å²) in [5, 5.41) is 17.4. The first-order valence-electron chi connectivity index (χ1n) is 6.38. The molecule has 0 bridgehead atoms. The number of anilines is 1. The molecule has 100 valence electrons. The van der Waals surface area contributed by atoms with Gasteiger partial charge in [0.05, 0.1) is 17.8 Å². The topological polar surface area (TPSA) is 74.9 Å². The molecule has 3 aromatic rings. The lowest BCUT2D eigenvalue weighted by Crippen LogP contribution is -1.92. The van der Waals surface area contributed by atoms with Gasteiger partial charge in [0.25, 0.3) is 0 Å². The zero-order valence-electron chi connectivity index (χ0n) is 10.9. The third kappa shape index (κ3) is 2.29. The van der Waals surface area contributed by atoms with Crippen LogP contribution in [0.2, 0.25) is 0 Å². The number of aliphatic hydroxyl groups is 1. The highest BCUT2D eigenvalue weighted by Crippen LogP contribution is 2.20. The largest absolute Gasteiger partial charge is 0.398 e. The molecule has 0 atom stereocenters. The lowest BCUT2D eigenvalue weighted by molar-refractivity contribution is 0.282. The molecule has 0 aliphatic carbocycles. The maximum Gasteiger partial charge on any atom is 0.0927 e. The number of fused-ring (bicyclic) bond motifs is 1. The molecule has 0 amide bonds. The Morgan fingerprint density at radius 1 is 1.15 bits per heavy atom. The van der Waals surface area contributed by atoms with E-state index < -0.39 is 0 Å². The van der Waals surface area contributed by atoms with Gasteiger partial charge in [-0.3, -0.25) is 5.10 Å². The van der Waals surface area contributed by atoms with Gasteiger partial charge in [-0.05, 0) is 29.3 Å². The van der Waals surface area contributed by atoms with Gasteiger partial charge in [-0.15, -0.1) is 0 Å². The van der Waals surface area contributed by atoms with E-state index in [-0.39, 0.29) is 6.61 Å². The van der Waals surface area contributed by atoms with Crippen LogP contribution in [0, 0.1) is 0 Å². The predicted octanol–water partition coefficient (Wildman–Crippen LogP) is 2.81. The van der Waals surface area contributed by atoms with E-state index in [0.29, 0.717) is 5.69 Å². The Hall–Kier alpha value is -2.59. The van der Waals surface area contributed by atoms with Crippen molar-refractivity contribution in [1.82, 2.24) is 10.2 Å². The third-order valence-electron chi connectivity index (χ3n) is 3.25. The van der Waals surface area contributed by atoms with E-state index in [1.54, 1.807) is 6.07 Å². The minimum Gasteiger partial charge on any atom is -0.398 e. The Morgan fingerprint density at radius 3 is 2.80 bits per heavy atom. The van der Waals surface area contributed by atoms with Crippen LogP contribution in [0.15, 0.2) is 42.5 Å². The van der Waals surface area contributed by atoms with E-state index in [2.05, 4.69) is 10.2 Å². The number of aromatic amines is 1. The lowest BCUT2D eigenvalue weighted by Gasteiger charge is -2.02. The fourth-order valence-corrected chi connectivity index (χ4v) is 2.15. The quantitative estimate of drug-likeness (QED) is 0.637. The number of nitrogens with one attached hydrogen (secondary N) is 1. The van der Waals surface area contributed by atoms with Crippen molar-refractivity contribution in [2.75, 3.05) is 5.73 Å². The number of hydrogen-bond donors (Lipinski definition) is 3. The van der Waals surface area contributed by atoms with Crippen LogP contribution in [0.3, 0.4) is 0 Å². The third-order valence-corrected chi connectivity index (χ3v) is 3.25. The Labute approximate surface area is 116 Å². The Bertz CT molecular complexity index is 774. The molecule has 20 heavy (non-hydrogen) atoms. The fourth-order valence-electron chi connectivity index (χ4n) is 2.15. The van der Waals surface area contributed by atoms with E-state index in [0.717, 1.165) is 27.7 Å². The first-order valence-corrected chi connectivity index (χ1v) is 6.38. The van der Waals surface area contributed by atoms with E-state index in [4.69, 9.17) is 10.8 Å². The minimum atomic E-state index is -0.00179. The Balaban J connectivity index is 1.94. The van der Waals surface area contributed by atoms with Gasteiger partial charge in [-0.25, -0.2) is 0 Å². The van der Waals surface area contributed by atoms with Gasteiger partial charge in [0.2, 0.25) is 0 Å². The zero-order chi connectivity index (χ0) is 13.9. The van der Waals surface area contributed by atoms with Gasteiger partial charge in [-0.1, -0.05) is 36.4 Å². The normalized spacial score (nSPS) is 11.4. The van der Waals surface area contributed by atoms with Crippen LogP contribution in [0.4, 0.5) is 5.69 Å². The van der Waals surface area contributed by atoms with Crippen molar-refractivity contribution in [3.8, 4) is 0 Å². The summed E-state index contributed by atoms with van der Waals surface area (Å²) in [6.07, 6.45) is 3.86. The molecule has 0 saturated heterocycles. The number of nitrogens with two attached hydrogens (primary N) is 1. The van der Waals surface area contributed by atoms with E-state index >= 15 is 0 Å². The first-order chi connectivity index (χ1) is 9.78. The second kappa shape index (κ2) is 5.19. The molecule has 2 aromatic carbocycles. The molecular weight excluding hydrogens is 250 g/mol. The fraction of sp³-hybridized carbons (Fsp3) is 0.0625. The molecule has 0 aliphatic rings. The number of nitrogens with zero attached hydrogens (tertiary/aromatic N) is 1. The number of aliphatic hydroxyl groups excluding tert-OH is 1. The molecule has 0 unspecified atom stereocenters. The lowest BCUT2D eigenvalue weighted by atomic mass is 10.1. The monoisotopic (exact) mass is 265 g/mol. The summed E-state index contributed by atoms with van der Waals surface area (Å²) in [6.45, 7) is -0.00179. The van der Waals surface area contributed by atoms with Gasteiger partial charge in [0.1, 0.15) is 0 Å². The van der Waals surface area contributed by atoms with Gasteiger partial charge in [0.15, 0.2) is 0 Å². The first kappa shape index (κ1) is 12.4. The summed E-state index contributed by atoms with van der Waals surface area (Å²) < 4.78 is 0. The molecule has 3 rings (SSSR count). The number of H-pyrrole nitrogens is 1. The van der Waals surface area contributed by atoms with Crippen molar-refractivity contribution in [3.05, 3.63) is 59.3 Å². The molecule has 0 fully saturated rings. The molecule has 1 aromatic heterocycles. The highest BCUT2D eigenvalue weighted by molar-refractivity contribution is 5.90. The van der Waals surface area contributed by atoms with Crippen molar-refractivity contribution < 1.29 is 5.11 Å². The standard InChI is InChI=1S/C16H15N3O/c17-14-9-11(10-20)5-6-12(14)7-8-16-13-3-1-2-4-15(13)18-19-16/h1-9,20H,10,17H2,(H,18,19). The molecular formula is C16H15N3O. The Morgan fingerprint density at radius 2 is 2.00 bits per heavy atom. The number of aromatic nitrogens is 2. The number of benzene rings is 2. The number of para-hydroxylation sites is 1. The average molecular weight is 265 g/mol. The van der Waals surface area contributed by atoms with Gasteiger partial charge >= 0.3 is 0 Å². The summed E-state index contributed by atoms with van der Waals surface area (Å²) in [5.74, 6) is 0. The van der Waals surface area contributed by atoms with Crippen LogP contribution in [0.5, 0.6) is 0 Å². The molecule has 4 N–H and O–H groups in total. The van der Waals surface area contributed by atoms with Gasteiger partial charge in [0, 0.05) is 11.1 Å². The second-order valence-electron chi connectivity index (χ2n) is 4.61. The Kier molecular flexibility index (Phi) is 3.23. The maximum absolute atomic E-state index is 9.06. The van der Waals surface area contributed by atoms with Crippen LogP contribution in [0.25, 0.3) is 23.1 Å². The number of hydrogen-bond acceptors (Lipinski definition) is 3. The molecule has 4 heteroatoms. The molecule has 4 nitrogen and oxygen atoms in total. The summed E-state index contributed by atoms with van der Waals surface area (Å²) in [5.41, 5.74) is 10.2. The SMILES string of the molecule is Nc1cc(CO)ccc1C=Cc1n[nH]c2ccccc12. The van der Waals surface area contributed by atoms with Crippen molar-refractivity contribution >= 4 is 28.7 Å². The highest BCUT2D eigenvalue weighted by atomic mass is 16.3. The summed E-state index contributed by atoms with van der Waals surface area (Å²) in [4.78, 5) is 0. The second-order valence-corrected chi connectivity index (χ2v) is 4.61. The van der Waals surface area contributed by atoms with Gasteiger partial charge in [-0.2, -0.15) is 5.10 Å². The van der Waals surface area contributed by atoms with Crippen molar-refractivity contribution in [2.24, 2.45) is 0 Å². The van der Waals surface area contributed by atoms with Crippen LogP contribution in [-0.2, 0) is 6.61 Å². The van der Waals surface area contributed by atoms with E-state index in [1.165, 1.54) is 0 Å². The number of rotatable bonds is 3. The summed E-state index contributed by atoms with van der Waals surface area (Å²) in [7, 11) is 0. The smallest absolute Gasteiger partial charge is 0.0927 e. The molecule has 0 saturated carbocycles. The molecule has 0 aliphatic heterocycles. The van der Waals surface area contributed by atoms with E-state index in [1.807, 2.05) is 48.6 Å². The van der Waals surface area contributed by atoms with Crippen molar-refractivity contribution in [1.29, 1.82) is 0 Å². The summed E-state index contributed by atoms with van der Waals surface area (Å²) in [6, 6.07) is 13.5. The highest BCUT2D eigenvalue weighted by Gasteiger charge is 2.02. The van der Waals surface area contributed by atoms with E-state index in [9.17, 15) is 0 Å². The molecule has 0 spiro atoms. The molecule has 0 radical (unpaired) electrons. The van der Waals surface area contributed by atoms with Crippen LogP contribution in [-0.4, -0.2) is 15.3 Å². The van der Waals surface area contributed by atoms with Gasteiger partial charge < -0.3 is 10.8 Å². The maximum atomic E-state index is 9.06. The van der Waals surface area contributed by atoms with Crippen LogP contribution < -0.4 is 5.73 Å². The predicted molar refractivity (Wildman–Crippen MR) is 81.8 cm³/mol. The summed E-state index contributed by atoms with van der Waals surface area (Å²) >= 11 is 0. The minimum absolute atomic E-state index is 0.00179. The van der Waals surface area contributed by atoms with Crippen LogP contribution >= 0.6 is 0 Å². The van der Waals surface area contributed by atoms with Crippen LogP contribution in [0.1, 0.15) is 16.8 Å². The zero-order valence-corrected chi connectivity index (χ0v) is 10.9. The van der Waals surface area contributed by atoms with Crippen molar-refractivity contribution in [2.45, 2.75) is 6.61 Å². The number of nitrogen functional groups attached to an aromatic ring is 1. The van der Waals surface area contributed by atoms with Crippen molar-refractivity contribution in [3.63, 3.8) is 0 Å². The average Bonchev–Trinajstić information content (AvgIpc) is 2.89. The molecule has 1 heterocycles.